The Hall–Kier alpha value is -0.120. The average molecular weight is 678 g/mol. The number of hydrogen-bond acceptors (Lipinski definition) is 1. The molecule has 0 saturated carbocycles. The van der Waals surface area contributed by atoms with Crippen molar-refractivity contribution in [1.82, 2.24) is 4.90 Å². The van der Waals surface area contributed by atoms with Crippen molar-refractivity contribution in [3.8, 4) is 0 Å². The SMILES string of the molecule is CCCCCCCCCCCCCCCCCC[N+](C)(C)CCN1CC[N+](C)(CCCCCCCCCCCCCCCCCC)CC1. The van der Waals surface area contributed by atoms with Crippen LogP contribution < -0.4 is 0 Å². The number of likely N-dealkylation sites (N-methyl/N-ethyl adjacent to an activating group) is 2. The fourth-order valence-corrected chi connectivity index (χ4v) is 8.09. The van der Waals surface area contributed by atoms with E-state index >= 15 is 0 Å². The van der Waals surface area contributed by atoms with Gasteiger partial charge in [0.25, 0.3) is 0 Å². The molecular formula is C45H95N3+2. The van der Waals surface area contributed by atoms with Gasteiger partial charge < -0.3 is 8.97 Å². The van der Waals surface area contributed by atoms with E-state index in [1.165, 1.54) is 267 Å². The molecule has 1 heterocycles. The lowest BCUT2D eigenvalue weighted by molar-refractivity contribution is -0.914. The van der Waals surface area contributed by atoms with Gasteiger partial charge in [-0.15, -0.1) is 0 Å². The van der Waals surface area contributed by atoms with Crippen LogP contribution >= 0.6 is 0 Å². The Morgan fingerprint density at radius 3 is 1.02 bits per heavy atom. The molecule has 1 aliphatic heterocycles. The molecule has 1 aliphatic rings. The summed E-state index contributed by atoms with van der Waals surface area (Å²) in [6.07, 6.45) is 46.8. The Kier molecular flexibility index (Phi) is 31.3. The van der Waals surface area contributed by atoms with Gasteiger partial charge in [0.2, 0.25) is 0 Å². The summed E-state index contributed by atoms with van der Waals surface area (Å²) in [7, 11) is 7.50. The highest BCUT2D eigenvalue weighted by molar-refractivity contribution is 4.64. The molecule has 0 spiro atoms. The summed E-state index contributed by atoms with van der Waals surface area (Å²) in [5.41, 5.74) is 0. The Morgan fingerprint density at radius 2 is 0.688 bits per heavy atom. The van der Waals surface area contributed by atoms with Crippen LogP contribution in [-0.4, -0.2) is 87.4 Å². The molecule has 0 aromatic rings. The maximum Gasteiger partial charge on any atom is 0.0914 e. The molecule has 0 amide bonds. The fraction of sp³-hybridized carbons (Fsp3) is 1.00. The summed E-state index contributed by atoms with van der Waals surface area (Å²) in [6.45, 7) is 15.4. The first-order chi connectivity index (χ1) is 23.4. The van der Waals surface area contributed by atoms with Crippen LogP contribution in [0.2, 0.25) is 0 Å². The molecule has 0 aromatic heterocycles. The minimum Gasteiger partial charge on any atom is -0.327 e. The molecular weight excluding hydrogens is 583 g/mol. The van der Waals surface area contributed by atoms with Crippen LogP contribution in [0.5, 0.6) is 0 Å². The average Bonchev–Trinajstić information content (AvgIpc) is 3.07. The number of quaternary nitrogens is 2. The lowest BCUT2D eigenvalue weighted by atomic mass is 10.0. The molecule has 3 heteroatoms. The lowest BCUT2D eigenvalue weighted by Gasteiger charge is -2.43. The van der Waals surface area contributed by atoms with Crippen molar-refractivity contribution in [2.45, 2.75) is 219 Å². The molecule has 0 bridgehead atoms. The van der Waals surface area contributed by atoms with Crippen LogP contribution in [0.25, 0.3) is 0 Å². The third-order valence-corrected chi connectivity index (χ3v) is 12.1. The van der Waals surface area contributed by atoms with E-state index in [1.807, 2.05) is 0 Å². The zero-order chi connectivity index (χ0) is 34.9. The summed E-state index contributed by atoms with van der Waals surface area (Å²) in [6, 6.07) is 0. The summed E-state index contributed by atoms with van der Waals surface area (Å²) in [5.74, 6) is 0. The Bertz CT molecular complexity index is 638. The lowest BCUT2D eigenvalue weighted by Crippen LogP contribution is -2.58. The Labute approximate surface area is 305 Å². The Balaban J connectivity index is 1.89. The first kappa shape index (κ1) is 45.9. The van der Waals surface area contributed by atoms with Gasteiger partial charge in [0.1, 0.15) is 0 Å². The van der Waals surface area contributed by atoms with Crippen molar-refractivity contribution < 1.29 is 8.97 Å². The molecule has 288 valence electrons. The molecule has 1 fully saturated rings. The van der Waals surface area contributed by atoms with Crippen LogP contribution in [0, 0.1) is 0 Å². The van der Waals surface area contributed by atoms with Crippen molar-refractivity contribution in [3.05, 3.63) is 0 Å². The van der Waals surface area contributed by atoms with Crippen molar-refractivity contribution in [3.63, 3.8) is 0 Å². The van der Waals surface area contributed by atoms with Gasteiger partial charge >= 0.3 is 0 Å². The maximum absolute atomic E-state index is 2.78. The predicted octanol–water partition coefficient (Wildman–Crippen LogP) is 13.3. The molecule has 0 N–H and O–H groups in total. The molecule has 0 aromatic carbocycles. The van der Waals surface area contributed by atoms with E-state index in [4.69, 9.17) is 0 Å². The van der Waals surface area contributed by atoms with Crippen molar-refractivity contribution in [1.29, 1.82) is 0 Å². The van der Waals surface area contributed by atoms with Gasteiger partial charge in [-0.1, -0.05) is 194 Å². The highest BCUT2D eigenvalue weighted by Crippen LogP contribution is 2.17. The summed E-state index contributed by atoms with van der Waals surface area (Å²) in [5, 5.41) is 0. The van der Waals surface area contributed by atoms with E-state index in [0.717, 1.165) is 0 Å². The van der Waals surface area contributed by atoms with E-state index in [9.17, 15) is 0 Å². The van der Waals surface area contributed by atoms with Gasteiger partial charge in [-0.2, -0.15) is 0 Å². The second-order valence-electron chi connectivity index (χ2n) is 17.6. The number of nitrogens with zero attached hydrogens (tertiary/aromatic N) is 3. The molecule has 0 unspecified atom stereocenters. The number of hydrogen-bond donors (Lipinski definition) is 0. The first-order valence-electron chi connectivity index (χ1n) is 22.8. The van der Waals surface area contributed by atoms with Gasteiger partial charge in [0.15, 0.2) is 0 Å². The topological polar surface area (TPSA) is 3.24 Å². The van der Waals surface area contributed by atoms with E-state index in [0.29, 0.717) is 0 Å². The summed E-state index contributed by atoms with van der Waals surface area (Å²) in [4.78, 5) is 2.78. The number of piperazine rings is 1. The molecule has 1 rings (SSSR count). The normalized spacial score (nSPS) is 15.4. The third-order valence-electron chi connectivity index (χ3n) is 12.1. The monoisotopic (exact) mass is 678 g/mol. The van der Waals surface area contributed by atoms with Gasteiger partial charge in [0, 0.05) is 19.6 Å². The second-order valence-corrected chi connectivity index (χ2v) is 17.6. The highest BCUT2D eigenvalue weighted by atomic mass is 15.4. The quantitative estimate of drug-likeness (QED) is 0.0467. The van der Waals surface area contributed by atoms with Crippen molar-refractivity contribution in [2.24, 2.45) is 0 Å². The van der Waals surface area contributed by atoms with E-state index < -0.39 is 0 Å². The first-order valence-corrected chi connectivity index (χ1v) is 22.8. The van der Waals surface area contributed by atoms with Gasteiger partial charge in [-0.05, 0) is 25.7 Å². The predicted molar refractivity (Wildman–Crippen MR) is 218 cm³/mol. The number of rotatable bonds is 37. The van der Waals surface area contributed by atoms with Crippen molar-refractivity contribution in [2.75, 3.05) is 73.5 Å². The smallest absolute Gasteiger partial charge is 0.0914 e. The van der Waals surface area contributed by atoms with E-state index in [2.05, 4.69) is 39.9 Å². The van der Waals surface area contributed by atoms with Crippen LogP contribution in [0.4, 0.5) is 0 Å². The summed E-state index contributed by atoms with van der Waals surface area (Å²) < 4.78 is 2.53. The van der Waals surface area contributed by atoms with Crippen LogP contribution in [-0.2, 0) is 0 Å². The fourth-order valence-electron chi connectivity index (χ4n) is 8.09. The minimum atomic E-state index is 1.21. The third kappa shape index (κ3) is 29.6. The molecule has 1 saturated heterocycles. The molecule has 0 radical (unpaired) electrons. The van der Waals surface area contributed by atoms with E-state index in [-0.39, 0.29) is 0 Å². The summed E-state index contributed by atoms with van der Waals surface area (Å²) >= 11 is 0. The maximum atomic E-state index is 2.78. The van der Waals surface area contributed by atoms with Crippen LogP contribution in [0.15, 0.2) is 0 Å². The van der Waals surface area contributed by atoms with E-state index in [1.54, 1.807) is 0 Å². The zero-order valence-corrected chi connectivity index (χ0v) is 34.6. The second kappa shape index (κ2) is 32.8. The molecule has 0 atom stereocenters. The minimum absolute atomic E-state index is 1.21. The molecule has 3 nitrogen and oxygen atoms in total. The highest BCUT2D eigenvalue weighted by Gasteiger charge is 2.29. The zero-order valence-electron chi connectivity index (χ0n) is 34.6. The van der Waals surface area contributed by atoms with Crippen LogP contribution in [0.3, 0.4) is 0 Å². The van der Waals surface area contributed by atoms with Gasteiger partial charge in [-0.25, -0.2) is 0 Å². The van der Waals surface area contributed by atoms with Gasteiger partial charge in [0.05, 0.1) is 53.9 Å². The largest absolute Gasteiger partial charge is 0.327 e. The molecule has 0 aliphatic carbocycles. The Morgan fingerprint density at radius 1 is 0.396 bits per heavy atom. The van der Waals surface area contributed by atoms with Crippen molar-refractivity contribution >= 4 is 0 Å². The number of unbranched alkanes of at least 4 members (excludes halogenated alkanes) is 30. The molecule has 48 heavy (non-hydrogen) atoms. The van der Waals surface area contributed by atoms with Gasteiger partial charge in [-0.3, -0.25) is 4.90 Å². The van der Waals surface area contributed by atoms with Crippen LogP contribution in [0.1, 0.15) is 219 Å². The standard InChI is InChI=1S/C45H95N3/c1-6-8-10-12-14-16-18-20-22-24-26-28-30-32-34-36-41-47(3,4)43-38-46-39-44-48(5,45-40-46)42-37-35-33-31-29-27-25-23-21-19-17-15-13-11-9-7-2/h6-45H2,1-5H3/q+2.